The van der Waals surface area contributed by atoms with Crippen LogP contribution >= 0.6 is 23.2 Å². The topological polar surface area (TPSA) is 58.6 Å². The van der Waals surface area contributed by atoms with Gasteiger partial charge in [0.2, 0.25) is 5.91 Å². The zero-order valence-corrected chi connectivity index (χ0v) is 17.1. The fraction of sp³-hybridized carbons (Fsp3) is 0.300. The standard InChI is InChI=1S/C20H21Cl2FN2O3/c1-3-24-20(27)13(2)25(11-14-15(21)7-6-8-16(14)22)19(26)12-28-18-10-5-4-9-17(18)23/h4-10,13H,3,11-12H2,1-2H3,(H,24,27). The Balaban J connectivity index is 2.23. The van der Waals surface area contributed by atoms with E-state index in [4.69, 9.17) is 27.9 Å². The summed E-state index contributed by atoms with van der Waals surface area (Å²) >= 11 is 12.4. The van der Waals surface area contributed by atoms with E-state index in [1.54, 1.807) is 38.1 Å². The molecule has 0 aliphatic carbocycles. The van der Waals surface area contributed by atoms with Crippen molar-refractivity contribution in [2.45, 2.75) is 26.4 Å². The molecular weight excluding hydrogens is 406 g/mol. The third-order valence-electron chi connectivity index (χ3n) is 4.10. The summed E-state index contributed by atoms with van der Waals surface area (Å²) in [5, 5.41) is 3.44. The predicted molar refractivity (Wildman–Crippen MR) is 107 cm³/mol. The molecule has 1 unspecified atom stereocenters. The van der Waals surface area contributed by atoms with E-state index in [0.717, 1.165) is 0 Å². The van der Waals surface area contributed by atoms with Crippen LogP contribution < -0.4 is 10.1 Å². The van der Waals surface area contributed by atoms with E-state index in [-0.39, 0.29) is 18.2 Å². The lowest BCUT2D eigenvalue weighted by Gasteiger charge is -2.29. The summed E-state index contributed by atoms with van der Waals surface area (Å²) in [6.45, 7) is 3.37. The SMILES string of the molecule is CCNC(=O)C(C)N(Cc1c(Cl)cccc1Cl)C(=O)COc1ccccc1F. The molecular formula is C20H21Cl2FN2O3. The number of likely N-dealkylation sites (N-methyl/N-ethyl adjacent to an activating group) is 1. The first kappa shape index (κ1) is 22.0. The van der Waals surface area contributed by atoms with Crippen molar-refractivity contribution in [3.8, 4) is 5.75 Å². The Hall–Kier alpha value is -2.31. The molecule has 1 N–H and O–H groups in total. The van der Waals surface area contributed by atoms with Gasteiger partial charge in [-0.2, -0.15) is 0 Å². The van der Waals surface area contributed by atoms with Crippen LogP contribution in [-0.2, 0) is 16.1 Å². The first-order chi connectivity index (χ1) is 13.3. The molecule has 0 saturated heterocycles. The highest BCUT2D eigenvalue weighted by Crippen LogP contribution is 2.26. The average molecular weight is 427 g/mol. The highest BCUT2D eigenvalue weighted by atomic mass is 35.5. The van der Waals surface area contributed by atoms with Gasteiger partial charge >= 0.3 is 0 Å². The van der Waals surface area contributed by atoms with Gasteiger partial charge in [0.05, 0.1) is 0 Å². The summed E-state index contributed by atoms with van der Waals surface area (Å²) in [5.41, 5.74) is 0.515. The first-order valence-electron chi connectivity index (χ1n) is 8.72. The molecule has 2 rings (SSSR count). The molecule has 5 nitrogen and oxygen atoms in total. The number of amides is 2. The number of hydrogen-bond acceptors (Lipinski definition) is 3. The number of carbonyl (C=O) groups excluding carboxylic acids is 2. The number of carbonyl (C=O) groups is 2. The average Bonchev–Trinajstić information content (AvgIpc) is 2.66. The lowest BCUT2D eigenvalue weighted by molar-refractivity contribution is -0.142. The molecule has 2 aromatic carbocycles. The van der Waals surface area contributed by atoms with Crippen LogP contribution in [0.4, 0.5) is 4.39 Å². The van der Waals surface area contributed by atoms with Crippen molar-refractivity contribution in [1.29, 1.82) is 0 Å². The van der Waals surface area contributed by atoms with Crippen LogP contribution in [0.1, 0.15) is 19.4 Å². The minimum atomic E-state index is -0.802. The molecule has 2 amide bonds. The Labute approximate surface area is 173 Å². The maximum atomic E-state index is 13.7. The predicted octanol–water partition coefficient (Wildman–Crippen LogP) is 4.06. The zero-order chi connectivity index (χ0) is 20.7. The molecule has 0 aromatic heterocycles. The van der Waals surface area contributed by atoms with Crippen molar-refractivity contribution < 1.29 is 18.7 Å². The number of nitrogens with one attached hydrogen (secondary N) is 1. The van der Waals surface area contributed by atoms with Crippen molar-refractivity contribution in [2.24, 2.45) is 0 Å². The van der Waals surface area contributed by atoms with E-state index in [1.165, 1.54) is 23.1 Å². The van der Waals surface area contributed by atoms with Gasteiger partial charge in [0.25, 0.3) is 5.91 Å². The maximum Gasteiger partial charge on any atom is 0.261 e. The molecule has 0 spiro atoms. The van der Waals surface area contributed by atoms with Gasteiger partial charge in [-0.15, -0.1) is 0 Å². The molecule has 0 aliphatic rings. The Morgan fingerprint density at radius 1 is 1.14 bits per heavy atom. The fourth-order valence-electron chi connectivity index (χ4n) is 2.54. The van der Waals surface area contributed by atoms with Crippen LogP contribution in [0.15, 0.2) is 42.5 Å². The third kappa shape index (κ3) is 5.59. The summed E-state index contributed by atoms with van der Waals surface area (Å²) in [6.07, 6.45) is 0. The second kappa shape index (κ2) is 10.3. The number of halogens is 3. The van der Waals surface area contributed by atoms with Crippen LogP contribution in [0, 0.1) is 5.82 Å². The van der Waals surface area contributed by atoms with Gasteiger partial charge in [-0.3, -0.25) is 9.59 Å². The second-order valence-corrected chi connectivity index (χ2v) is 6.83. The van der Waals surface area contributed by atoms with E-state index < -0.39 is 24.4 Å². The third-order valence-corrected chi connectivity index (χ3v) is 4.80. The fourth-order valence-corrected chi connectivity index (χ4v) is 3.06. The number of rotatable bonds is 8. The summed E-state index contributed by atoms with van der Waals surface area (Å²) in [4.78, 5) is 26.4. The lowest BCUT2D eigenvalue weighted by Crippen LogP contribution is -2.49. The van der Waals surface area contributed by atoms with E-state index in [9.17, 15) is 14.0 Å². The highest BCUT2D eigenvalue weighted by Gasteiger charge is 2.27. The molecule has 0 fully saturated rings. The minimum absolute atomic E-state index is 0.0102. The van der Waals surface area contributed by atoms with Crippen LogP contribution in [-0.4, -0.2) is 35.9 Å². The summed E-state index contributed by atoms with van der Waals surface area (Å²) in [5.74, 6) is -1.45. The minimum Gasteiger partial charge on any atom is -0.481 e. The maximum absolute atomic E-state index is 13.7. The Kier molecular flexibility index (Phi) is 8.08. The molecule has 28 heavy (non-hydrogen) atoms. The highest BCUT2D eigenvalue weighted by molar-refractivity contribution is 6.36. The monoisotopic (exact) mass is 426 g/mol. The van der Waals surface area contributed by atoms with Crippen LogP contribution in [0.2, 0.25) is 10.0 Å². The van der Waals surface area contributed by atoms with Crippen LogP contribution in [0.25, 0.3) is 0 Å². The van der Waals surface area contributed by atoms with E-state index >= 15 is 0 Å². The Morgan fingerprint density at radius 3 is 2.39 bits per heavy atom. The van der Waals surface area contributed by atoms with Gasteiger partial charge in [-0.05, 0) is 38.1 Å². The number of hydrogen-bond donors (Lipinski definition) is 1. The van der Waals surface area contributed by atoms with Crippen molar-refractivity contribution >= 4 is 35.0 Å². The van der Waals surface area contributed by atoms with Crippen LogP contribution in [0.5, 0.6) is 5.75 Å². The van der Waals surface area contributed by atoms with E-state index in [2.05, 4.69) is 5.32 Å². The quantitative estimate of drug-likeness (QED) is 0.691. The second-order valence-electron chi connectivity index (χ2n) is 6.01. The van der Waals surface area contributed by atoms with Gasteiger partial charge < -0.3 is 15.0 Å². The van der Waals surface area contributed by atoms with Crippen molar-refractivity contribution in [3.63, 3.8) is 0 Å². The summed E-state index contributed by atoms with van der Waals surface area (Å²) < 4.78 is 19.0. The molecule has 0 saturated carbocycles. The molecule has 1 atom stereocenters. The van der Waals surface area contributed by atoms with Gasteiger partial charge in [0.15, 0.2) is 18.2 Å². The molecule has 0 aliphatic heterocycles. The van der Waals surface area contributed by atoms with E-state index in [1.807, 2.05) is 0 Å². The number of ether oxygens (including phenoxy) is 1. The molecule has 0 radical (unpaired) electrons. The Bertz CT molecular complexity index is 828. The molecule has 2 aromatic rings. The molecule has 0 heterocycles. The zero-order valence-electron chi connectivity index (χ0n) is 15.5. The number of para-hydroxylation sites is 1. The van der Waals surface area contributed by atoms with Gasteiger partial charge in [-0.1, -0.05) is 41.4 Å². The lowest BCUT2D eigenvalue weighted by atomic mass is 10.1. The normalized spacial score (nSPS) is 11.6. The number of nitrogens with zero attached hydrogens (tertiary/aromatic N) is 1. The largest absolute Gasteiger partial charge is 0.481 e. The van der Waals surface area contributed by atoms with Crippen LogP contribution in [0.3, 0.4) is 0 Å². The van der Waals surface area contributed by atoms with Crippen molar-refractivity contribution in [3.05, 3.63) is 63.9 Å². The smallest absolute Gasteiger partial charge is 0.261 e. The van der Waals surface area contributed by atoms with Gasteiger partial charge in [0, 0.05) is 28.7 Å². The number of benzene rings is 2. The Morgan fingerprint density at radius 2 is 1.79 bits per heavy atom. The summed E-state index contributed by atoms with van der Waals surface area (Å²) in [6, 6.07) is 9.96. The van der Waals surface area contributed by atoms with E-state index in [0.29, 0.717) is 22.2 Å². The van der Waals surface area contributed by atoms with Gasteiger partial charge in [0.1, 0.15) is 6.04 Å². The van der Waals surface area contributed by atoms with Crippen molar-refractivity contribution in [2.75, 3.05) is 13.2 Å². The van der Waals surface area contributed by atoms with Crippen molar-refractivity contribution in [1.82, 2.24) is 10.2 Å². The molecule has 0 bridgehead atoms. The first-order valence-corrected chi connectivity index (χ1v) is 9.48. The molecule has 150 valence electrons. The summed E-state index contributed by atoms with van der Waals surface area (Å²) in [7, 11) is 0. The van der Waals surface area contributed by atoms with Gasteiger partial charge in [-0.25, -0.2) is 4.39 Å². The molecule has 8 heteroatoms.